The van der Waals surface area contributed by atoms with E-state index in [0.29, 0.717) is 26.0 Å². The largest absolute Gasteiger partial charge is 0.494 e. The molecule has 3 atom stereocenters. The lowest BCUT2D eigenvalue weighted by Crippen LogP contribution is -2.43. The van der Waals surface area contributed by atoms with Gasteiger partial charge >= 0.3 is 0 Å². The van der Waals surface area contributed by atoms with Crippen molar-refractivity contribution in [2.45, 2.75) is 58.3 Å². The molecule has 140 valence electrons. The fourth-order valence-electron chi connectivity index (χ4n) is 3.46. The van der Waals surface area contributed by atoms with E-state index in [1.165, 1.54) is 0 Å². The number of rotatable bonds is 8. The van der Waals surface area contributed by atoms with Crippen LogP contribution in [0.2, 0.25) is 0 Å². The first-order valence-electron chi connectivity index (χ1n) is 9.30. The van der Waals surface area contributed by atoms with Crippen LogP contribution in [0.5, 0.6) is 5.75 Å². The van der Waals surface area contributed by atoms with Crippen molar-refractivity contribution < 1.29 is 19.4 Å². The van der Waals surface area contributed by atoms with Crippen molar-refractivity contribution in [3.8, 4) is 5.75 Å². The number of carbonyl (C=O) groups excluding carboxylic acids is 1. The van der Waals surface area contributed by atoms with Gasteiger partial charge in [0, 0.05) is 26.1 Å². The zero-order valence-corrected chi connectivity index (χ0v) is 15.6. The van der Waals surface area contributed by atoms with E-state index in [-0.39, 0.29) is 17.9 Å². The molecule has 0 aromatic heterocycles. The molecular formula is C20H31NO4. The van der Waals surface area contributed by atoms with Gasteiger partial charge in [-0.15, -0.1) is 0 Å². The summed E-state index contributed by atoms with van der Waals surface area (Å²) in [6.07, 6.45) is 2.17. The summed E-state index contributed by atoms with van der Waals surface area (Å²) < 4.78 is 10.8. The van der Waals surface area contributed by atoms with Crippen LogP contribution in [0.25, 0.3) is 0 Å². The Bertz CT molecular complexity index is 531. The molecule has 1 amide bonds. The Balaban J connectivity index is 2.02. The summed E-state index contributed by atoms with van der Waals surface area (Å²) in [4.78, 5) is 14.9. The average molecular weight is 349 g/mol. The minimum Gasteiger partial charge on any atom is -0.494 e. The third-order valence-corrected chi connectivity index (χ3v) is 4.82. The molecular weight excluding hydrogens is 318 g/mol. The van der Waals surface area contributed by atoms with Gasteiger partial charge in [-0.05, 0) is 50.3 Å². The molecule has 1 aromatic rings. The molecule has 0 radical (unpaired) electrons. The first-order chi connectivity index (χ1) is 12.1. The minimum atomic E-state index is -0.459. The Kier molecular flexibility index (Phi) is 7.72. The summed E-state index contributed by atoms with van der Waals surface area (Å²) in [6.45, 7) is 6.04. The molecule has 25 heavy (non-hydrogen) atoms. The van der Waals surface area contributed by atoms with Crippen molar-refractivity contribution in [3.05, 3.63) is 29.8 Å². The number of amides is 1. The van der Waals surface area contributed by atoms with Gasteiger partial charge in [0.1, 0.15) is 5.75 Å². The van der Waals surface area contributed by atoms with Gasteiger partial charge in [-0.3, -0.25) is 4.79 Å². The minimum absolute atomic E-state index is 0.0670. The summed E-state index contributed by atoms with van der Waals surface area (Å²) >= 11 is 0. The molecule has 0 aliphatic heterocycles. The van der Waals surface area contributed by atoms with Crippen molar-refractivity contribution in [3.63, 3.8) is 0 Å². The van der Waals surface area contributed by atoms with Gasteiger partial charge in [-0.1, -0.05) is 19.1 Å². The Morgan fingerprint density at radius 1 is 1.24 bits per heavy atom. The van der Waals surface area contributed by atoms with Gasteiger partial charge < -0.3 is 19.5 Å². The fourth-order valence-corrected chi connectivity index (χ4v) is 3.46. The summed E-state index contributed by atoms with van der Waals surface area (Å²) in [5.74, 6) is 0.955. The lowest BCUT2D eigenvalue weighted by atomic mass is 9.84. The van der Waals surface area contributed by atoms with E-state index in [0.717, 1.165) is 30.7 Å². The number of nitrogens with zero attached hydrogens (tertiary/aromatic N) is 1. The molecule has 0 bridgehead atoms. The molecule has 5 heteroatoms. The van der Waals surface area contributed by atoms with E-state index in [2.05, 4.69) is 6.92 Å². The molecule has 1 aromatic carbocycles. The first-order valence-corrected chi connectivity index (χ1v) is 9.30. The molecule has 1 N–H and O–H groups in total. The van der Waals surface area contributed by atoms with Crippen molar-refractivity contribution in [1.29, 1.82) is 0 Å². The van der Waals surface area contributed by atoms with Crippen LogP contribution in [-0.2, 0) is 16.1 Å². The Labute approximate surface area is 150 Å². The van der Waals surface area contributed by atoms with Crippen molar-refractivity contribution >= 4 is 5.91 Å². The number of aliphatic hydroxyl groups is 1. The molecule has 1 aliphatic rings. The van der Waals surface area contributed by atoms with Gasteiger partial charge in [-0.2, -0.15) is 0 Å². The molecule has 2 rings (SSSR count). The predicted octanol–water partition coefficient (Wildman–Crippen LogP) is 3.00. The van der Waals surface area contributed by atoms with Crippen molar-refractivity contribution in [2.75, 3.05) is 20.3 Å². The first kappa shape index (κ1) is 19.7. The van der Waals surface area contributed by atoms with Crippen LogP contribution in [0, 0.1) is 5.92 Å². The lowest BCUT2D eigenvalue weighted by molar-refractivity contribution is -0.141. The number of hydrogen-bond acceptors (Lipinski definition) is 4. The van der Waals surface area contributed by atoms with Gasteiger partial charge in [0.25, 0.3) is 0 Å². The predicted molar refractivity (Wildman–Crippen MR) is 97.5 cm³/mol. The second-order valence-corrected chi connectivity index (χ2v) is 6.69. The number of aliphatic hydroxyl groups excluding tert-OH is 1. The average Bonchev–Trinajstić information content (AvgIpc) is 2.63. The monoisotopic (exact) mass is 349 g/mol. The standard InChI is InChI=1S/C20H31NO4/c1-4-12-21(14-15-6-9-17(10-7-15)25-5-2)20(23)16-8-11-18(22)19(13-16)24-3/h6-7,9-10,16,18-19,22H,4-5,8,11-14H2,1-3H3/t16-,18+,19-/m1/s1. The SMILES string of the molecule is CCCN(Cc1ccc(OCC)cc1)C(=O)[C@@H]1CC[C@H](O)[C@H](OC)C1. The number of methoxy groups -OCH3 is 1. The smallest absolute Gasteiger partial charge is 0.226 e. The van der Waals surface area contributed by atoms with E-state index in [9.17, 15) is 9.90 Å². The summed E-state index contributed by atoms with van der Waals surface area (Å²) in [5, 5.41) is 9.95. The summed E-state index contributed by atoms with van der Waals surface area (Å²) in [6, 6.07) is 7.93. The van der Waals surface area contributed by atoms with Crippen LogP contribution in [-0.4, -0.2) is 48.4 Å². The normalized spacial score (nSPS) is 23.3. The maximum Gasteiger partial charge on any atom is 0.226 e. The second-order valence-electron chi connectivity index (χ2n) is 6.69. The maximum absolute atomic E-state index is 13.0. The van der Waals surface area contributed by atoms with Crippen LogP contribution in [0.3, 0.4) is 0 Å². The third kappa shape index (κ3) is 5.44. The number of carbonyl (C=O) groups is 1. The maximum atomic E-state index is 13.0. The second kappa shape index (κ2) is 9.78. The molecule has 0 spiro atoms. The highest BCUT2D eigenvalue weighted by atomic mass is 16.5. The molecule has 1 aliphatic carbocycles. The fraction of sp³-hybridized carbons (Fsp3) is 0.650. The topological polar surface area (TPSA) is 59.0 Å². The van der Waals surface area contributed by atoms with Crippen LogP contribution < -0.4 is 4.74 Å². The van der Waals surface area contributed by atoms with E-state index in [1.807, 2.05) is 36.1 Å². The molecule has 1 fully saturated rings. The van der Waals surface area contributed by atoms with Crippen LogP contribution in [0.1, 0.15) is 45.1 Å². The molecule has 0 unspecified atom stereocenters. The van der Waals surface area contributed by atoms with Gasteiger partial charge in [0.2, 0.25) is 5.91 Å². The number of benzene rings is 1. The van der Waals surface area contributed by atoms with E-state index < -0.39 is 6.10 Å². The third-order valence-electron chi connectivity index (χ3n) is 4.82. The molecule has 1 saturated carbocycles. The number of hydrogen-bond donors (Lipinski definition) is 1. The van der Waals surface area contributed by atoms with E-state index >= 15 is 0 Å². The Morgan fingerprint density at radius 3 is 2.56 bits per heavy atom. The van der Waals surface area contributed by atoms with Crippen LogP contribution >= 0.6 is 0 Å². The quantitative estimate of drug-likeness (QED) is 0.784. The molecule has 0 heterocycles. The zero-order valence-electron chi connectivity index (χ0n) is 15.6. The van der Waals surface area contributed by atoms with Gasteiger partial charge in [0.15, 0.2) is 0 Å². The van der Waals surface area contributed by atoms with Crippen LogP contribution in [0.4, 0.5) is 0 Å². The van der Waals surface area contributed by atoms with E-state index in [1.54, 1.807) is 7.11 Å². The van der Waals surface area contributed by atoms with Crippen molar-refractivity contribution in [2.24, 2.45) is 5.92 Å². The van der Waals surface area contributed by atoms with Gasteiger partial charge in [-0.25, -0.2) is 0 Å². The highest BCUT2D eigenvalue weighted by molar-refractivity contribution is 5.79. The number of ether oxygens (including phenoxy) is 2. The lowest BCUT2D eigenvalue weighted by Gasteiger charge is -2.34. The van der Waals surface area contributed by atoms with Crippen molar-refractivity contribution in [1.82, 2.24) is 4.90 Å². The summed E-state index contributed by atoms with van der Waals surface area (Å²) in [7, 11) is 1.60. The molecule has 5 nitrogen and oxygen atoms in total. The highest BCUT2D eigenvalue weighted by Crippen LogP contribution is 2.28. The van der Waals surface area contributed by atoms with Gasteiger partial charge in [0.05, 0.1) is 18.8 Å². The Hall–Kier alpha value is -1.59. The summed E-state index contributed by atoms with van der Waals surface area (Å²) in [5.41, 5.74) is 1.10. The zero-order chi connectivity index (χ0) is 18.2. The highest BCUT2D eigenvalue weighted by Gasteiger charge is 2.34. The Morgan fingerprint density at radius 2 is 1.96 bits per heavy atom. The van der Waals surface area contributed by atoms with Crippen LogP contribution in [0.15, 0.2) is 24.3 Å². The molecule has 0 saturated heterocycles. The van der Waals surface area contributed by atoms with E-state index in [4.69, 9.17) is 9.47 Å².